The number of likely N-dealkylation sites (tertiary alicyclic amines) is 1. The lowest BCUT2D eigenvalue weighted by Gasteiger charge is -2.34. The molecule has 1 aromatic carbocycles. The third-order valence-corrected chi connectivity index (χ3v) is 5.09. The number of carbonyl (C=O) groups is 2. The Balaban J connectivity index is 2.04. The lowest BCUT2D eigenvalue weighted by Crippen LogP contribution is -2.47. The molecule has 1 unspecified atom stereocenters. The van der Waals surface area contributed by atoms with Crippen LogP contribution in [0.15, 0.2) is 30.3 Å². The van der Waals surface area contributed by atoms with E-state index in [1.54, 1.807) is 4.90 Å². The van der Waals surface area contributed by atoms with E-state index in [0.717, 1.165) is 18.4 Å². The maximum Gasteiger partial charge on any atom is 0.317 e. The Labute approximate surface area is 144 Å². The van der Waals surface area contributed by atoms with Gasteiger partial charge in [0.25, 0.3) is 0 Å². The molecule has 1 heterocycles. The summed E-state index contributed by atoms with van der Waals surface area (Å²) >= 11 is 0. The van der Waals surface area contributed by atoms with Crippen molar-refractivity contribution in [3.05, 3.63) is 35.9 Å². The first-order valence-corrected chi connectivity index (χ1v) is 8.90. The molecule has 24 heavy (non-hydrogen) atoms. The van der Waals surface area contributed by atoms with E-state index in [0.29, 0.717) is 31.8 Å². The van der Waals surface area contributed by atoms with Gasteiger partial charge >= 0.3 is 12.0 Å². The van der Waals surface area contributed by atoms with Gasteiger partial charge in [-0.25, -0.2) is 4.79 Å². The van der Waals surface area contributed by atoms with Gasteiger partial charge in [0.1, 0.15) is 0 Å². The smallest absolute Gasteiger partial charge is 0.317 e. The summed E-state index contributed by atoms with van der Waals surface area (Å²) in [5, 5.41) is 12.3. The van der Waals surface area contributed by atoms with E-state index in [9.17, 15) is 9.59 Å². The minimum Gasteiger partial charge on any atom is -0.481 e. The van der Waals surface area contributed by atoms with E-state index >= 15 is 0 Å². The standard InChI is InChI=1S/C19H28N2O3/c1-3-14(4-2)17(15-8-6-5-7-9-15)20-19(24)21-12-10-16(11-13-21)18(22)23/h5-9,14,16-17H,3-4,10-13H2,1-2H3,(H,20,24)(H,22,23). The van der Waals surface area contributed by atoms with Gasteiger partial charge in [-0.05, 0) is 24.3 Å². The van der Waals surface area contributed by atoms with E-state index in [1.165, 1.54) is 0 Å². The van der Waals surface area contributed by atoms with Crippen LogP contribution < -0.4 is 5.32 Å². The van der Waals surface area contributed by atoms with Crippen LogP contribution in [0.1, 0.15) is 51.1 Å². The molecular weight excluding hydrogens is 304 g/mol. The molecule has 1 fully saturated rings. The number of rotatable bonds is 6. The van der Waals surface area contributed by atoms with Crippen molar-refractivity contribution in [2.24, 2.45) is 11.8 Å². The van der Waals surface area contributed by atoms with Gasteiger partial charge in [-0.15, -0.1) is 0 Å². The molecule has 5 nitrogen and oxygen atoms in total. The Morgan fingerprint density at radius 2 is 1.75 bits per heavy atom. The molecule has 0 saturated carbocycles. The first-order valence-electron chi connectivity index (χ1n) is 8.90. The molecule has 1 aliphatic heterocycles. The molecule has 1 saturated heterocycles. The number of carbonyl (C=O) groups excluding carboxylic acids is 1. The molecule has 132 valence electrons. The number of nitrogens with zero attached hydrogens (tertiary/aromatic N) is 1. The maximum absolute atomic E-state index is 12.7. The summed E-state index contributed by atoms with van der Waals surface area (Å²) in [6, 6.07) is 9.99. The van der Waals surface area contributed by atoms with E-state index in [-0.39, 0.29) is 18.0 Å². The minimum atomic E-state index is -0.755. The summed E-state index contributed by atoms with van der Waals surface area (Å²) in [7, 11) is 0. The van der Waals surface area contributed by atoms with Crippen LogP contribution in [0, 0.1) is 11.8 Å². The summed E-state index contributed by atoms with van der Waals surface area (Å²) < 4.78 is 0. The van der Waals surface area contributed by atoms with Crippen molar-refractivity contribution < 1.29 is 14.7 Å². The summed E-state index contributed by atoms with van der Waals surface area (Å²) in [6.45, 7) is 5.31. The van der Waals surface area contributed by atoms with Crippen molar-refractivity contribution in [2.75, 3.05) is 13.1 Å². The molecule has 0 spiro atoms. The summed E-state index contributed by atoms with van der Waals surface area (Å²) in [5.41, 5.74) is 1.12. The van der Waals surface area contributed by atoms with E-state index in [4.69, 9.17) is 5.11 Å². The zero-order chi connectivity index (χ0) is 17.5. The van der Waals surface area contributed by atoms with E-state index in [2.05, 4.69) is 31.3 Å². The number of hydrogen-bond acceptors (Lipinski definition) is 2. The zero-order valence-electron chi connectivity index (χ0n) is 14.6. The van der Waals surface area contributed by atoms with Gasteiger partial charge in [0.15, 0.2) is 0 Å². The van der Waals surface area contributed by atoms with Crippen LogP contribution in [0.2, 0.25) is 0 Å². The second-order valence-electron chi connectivity index (χ2n) is 6.51. The number of benzene rings is 1. The Morgan fingerprint density at radius 3 is 2.25 bits per heavy atom. The normalized spacial score (nSPS) is 16.9. The number of carboxylic acid groups (broad SMARTS) is 1. The van der Waals surface area contributed by atoms with Crippen LogP contribution in [0.25, 0.3) is 0 Å². The van der Waals surface area contributed by atoms with Gasteiger partial charge in [0.2, 0.25) is 0 Å². The van der Waals surface area contributed by atoms with E-state index in [1.807, 2.05) is 18.2 Å². The molecule has 0 bridgehead atoms. The lowest BCUT2D eigenvalue weighted by atomic mass is 9.89. The number of amides is 2. The average Bonchev–Trinajstić information content (AvgIpc) is 2.62. The van der Waals surface area contributed by atoms with Crippen LogP contribution in [0.3, 0.4) is 0 Å². The van der Waals surface area contributed by atoms with Gasteiger partial charge in [-0.3, -0.25) is 4.79 Å². The largest absolute Gasteiger partial charge is 0.481 e. The second-order valence-corrected chi connectivity index (χ2v) is 6.51. The first kappa shape index (κ1) is 18.3. The highest BCUT2D eigenvalue weighted by molar-refractivity contribution is 5.76. The molecule has 0 aromatic heterocycles. The predicted octanol–water partition coefficient (Wildman–Crippen LogP) is 3.67. The minimum absolute atomic E-state index is 0.00843. The van der Waals surface area contributed by atoms with Crippen molar-refractivity contribution >= 4 is 12.0 Å². The highest BCUT2D eigenvalue weighted by atomic mass is 16.4. The molecule has 1 aliphatic rings. The molecule has 0 aliphatic carbocycles. The van der Waals surface area contributed by atoms with Crippen LogP contribution in [-0.2, 0) is 4.79 Å². The monoisotopic (exact) mass is 332 g/mol. The molecule has 5 heteroatoms. The van der Waals surface area contributed by atoms with Crippen LogP contribution in [-0.4, -0.2) is 35.1 Å². The van der Waals surface area contributed by atoms with Crippen molar-refractivity contribution in [3.8, 4) is 0 Å². The third kappa shape index (κ3) is 4.49. The fourth-order valence-corrected chi connectivity index (χ4v) is 3.45. The van der Waals surface area contributed by atoms with Crippen LogP contribution in [0.5, 0.6) is 0 Å². The van der Waals surface area contributed by atoms with Crippen molar-refractivity contribution in [1.29, 1.82) is 0 Å². The molecule has 1 atom stereocenters. The van der Waals surface area contributed by atoms with Gasteiger partial charge in [-0.1, -0.05) is 57.0 Å². The summed E-state index contributed by atoms with van der Waals surface area (Å²) in [6.07, 6.45) is 3.06. The molecular formula is C19H28N2O3. The molecule has 2 rings (SSSR count). The number of piperidine rings is 1. The maximum atomic E-state index is 12.7. The predicted molar refractivity (Wildman–Crippen MR) is 93.7 cm³/mol. The van der Waals surface area contributed by atoms with Gasteiger partial charge < -0.3 is 15.3 Å². The van der Waals surface area contributed by atoms with E-state index < -0.39 is 5.97 Å². The zero-order valence-corrected chi connectivity index (χ0v) is 14.6. The SMILES string of the molecule is CCC(CC)C(NC(=O)N1CCC(C(=O)O)CC1)c1ccccc1. The Morgan fingerprint density at radius 1 is 1.17 bits per heavy atom. The van der Waals surface area contributed by atoms with Gasteiger partial charge in [0, 0.05) is 13.1 Å². The second kappa shape index (κ2) is 8.71. The number of urea groups is 1. The molecule has 2 amide bonds. The average molecular weight is 332 g/mol. The topological polar surface area (TPSA) is 69.6 Å². The quantitative estimate of drug-likeness (QED) is 0.835. The molecule has 2 N–H and O–H groups in total. The van der Waals surface area contributed by atoms with Gasteiger partial charge in [0.05, 0.1) is 12.0 Å². The van der Waals surface area contributed by atoms with Crippen molar-refractivity contribution in [3.63, 3.8) is 0 Å². The molecule has 0 radical (unpaired) electrons. The van der Waals surface area contributed by atoms with Crippen LogP contribution in [0.4, 0.5) is 4.79 Å². The third-order valence-electron chi connectivity index (χ3n) is 5.09. The van der Waals surface area contributed by atoms with Crippen LogP contribution >= 0.6 is 0 Å². The fourth-order valence-electron chi connectivity index (χ4n) is 3.45. The number of aliphatic carboxylic acids is 1. The summed E-state index contributed by atoms with van der Waals surface area (Å²) in [4.78, 5) is 25.5. The fraction of sp³-hybridized carbons (Fsp3) is 0.579. The Hall–Kier alpha value is -2.04. The Bertz CT molecular complexity index is 535. The lowest BCUT2D eigenvalue weighted by molar-refractivity contribution is -0.143. The number of hydrogen-bond donors (Lipinski definition) is 2. The first-order chi connectivity index (χ1) is 11.6. The number of nitrogens with one attached hydrogen (secondary N) is 1. The summed E-state index contributed by atoms with van der Waals surface area (Å²) in [5.74, 6) is -0.694. The highest BCUT2D eigenvalue weighted by Crippen LogP contribution is 2.28. The molecule has 1 aromatic rings. The van der Waals surface area contributed by atoms with Gasteiger partial charge in [-0.2, -0.15) is 0 Å². The number of carboxylic acids is 1. The Kier molecular flexibility index (Phi) is 6.64. The highest BCUT2D eigenvalue weighted by Gasteiger charge is 2.29. The van der Waals surface area contributed by atoms with Crippen molar-refractivity contribution in [2.45, 2.75) is 45.6 Å². The van der Waals surface area contributed by atoms with Crippen molar-refractivity contribution in [1.82, 2.24) is 10.2 Å².